The smallest absolute Gasteiger partial charge is 0.256 e. The number of benzene rings is 2. The van der Waals surface area contributed by atoms with E-state index >= 15 is 0 Å². The number of rotatable bonds is 6. The first-order valence-corrected chi connectivity index (χ1v) is 8.11. The highest BCUT2D eigenvalue weighted by Gasteiger charge is 2.11. The molecule has 0 aliphatic rings. The topological polar surface area (TPSA) is 72.5 Å². The highest BCUT2D eigenvalue weighted by molar-refractivity contribution is 6.04. The molecule has 0 radical (unpaired) electrons. The molecule has 1 amide bonds. The number of anilines is 3. The lowest BCUT2D eigenvalue weighted by molar-refractivity contribution is 0.102. The molecule has 0 aliphatic heterocycles. The van der Waals surface area contributed by atoms with E-state index in [-0.39, 0.29) is 11.7 Å². The number of pyridine rings is 1. The van der Waals surface area contributed by atoms with E-state index in [4.69, 9.17) is 9.47 Å². The van der Waals surface area contributed by atoms with Crippen molar-refractivity contribution in [3.8, 4) is 11.5 Å². The molecule has 27 heavy (non-hydrogen) atoms. The van der Waals surface area contributed by atoms with Crippen LogP contribution < -0.4 is 20.1 Å². The predicted octanol–water partition coefficient (Wildman–Crippen LogP) is 4.23. The van der Waals surface area contributed by atoms with Gasteiger partial charge in [-0.2, -0.15) is 0 Å². The molecule has 0 fully saturated rings. The largest absolute Gasteiger partial charge is 0.493 e. The molecule has 0 saturated heterocycles. The second kappa shape index (κ2) is 8.18. The highest BCUT2D eigenvalue weighted by atomic mass is 19.1. The van der Waals surface area contributed by atoms with Crippen molar-refractivity contribution in [2.75, 3.05) is 24.9 Å². The number of hydrogen-bond donors (Lipinski definition) is 2. The van der Waals surface area contributed by atoms with Gasteiger partial charge in [-0.1, -0.05) is 0 Å². The lowest BCUT2D eigenvalue weighted by Gasteiger charge is -2.10. The molecule has 2 N–H and O–H groups in total. The standard InChI is InChI=1S/C20H18FN3O3/c1-26-17-9-3-13(11-18(17)27-2)20(25)24-19-10-8-16(12-22-19)23-15-6-4-14(21)5-7-15/h3-12,23H,1-2H3,(H,22,24,25). The predicted molar refractivity (Wildman–Crippen MR) is 101 cm³/mol. The van der Waals surface area contributed by atoms with Crippen LogP contribution in [0.3, 0.4) is 0 Å². The normalized spacial score (nSPS) is 10.2. The Hall–Kier alpha value is -3.61. The lowest BCUT2D eigenvalue weighted by atomic mass is 10.2. The summed E-state index contributed by atoms with van der Waals surface area (Å²) in [6.45, 7) is 0. The molecular weight excluding hydrogens is 349 g/mol. The molecule has 138 valence electrons. The van der Waals surface area contributed by atoms with Crippen LogP contribution in [0.1, 0.15) is 10.4 Å². The van der Waals surface area contributed by atoms with Gasteiger partial charge in [-0.25, -0.2) is 9.37 Å². The fourth-order valence-corrected chi connectivity index (χ4v) is 2.41. The van der Waals surface area contributed by atoms with E-state index in [1.54, 1.807) is 48.7 Å². The minimum Gasteiger partial charge on any atom is -0.493 e. The molecule has 1 aromatic heterocycles. The van der Waals surface area contributed by atoms with Crippen molar-refractivity contribution < 1.29 is 18.7 Å². The average molecular weight is 367 g/mol. The number of ether oxygens (including phenoxy) is 2. The van der Waals surface area contributed by atoms with E-state index in [0.717, 1.165) is 5.69 Å². The molecule has 6 nitrogen and oxygen atoms in total. The first-order chi connectivity index (χ1) is 13.1. The number of aromatic nitrogens is 1. The highest BCUT2D eigenvalue weighted by Crippen LogP contribution is 2.27. The van der Waals surface area contributed by atoms with E-state index < -0.39 is 0 Å². The maximum absolute atomic E-state index is 12.9. The van der Waals surface area contributed by atoms with E-state index in [1.165, 1.54) is 26.4 Å². The number of nitrogens with zero attached hydrogens (tertiary/aromatic N) is 1. The van der Waals surface area contributed by atoms with Crippen molar-refractivity contribution in [1.82, 2.24) is 4.98 Å². The third-order valence-electron chi connectivity index (χ3n) is 3.78. The van der Waals surface area contributed by atoms with Crippen LogP contribution >= 0.6 is 0 Å². The van der Waals surface area contributed by atoms with Crippen molar-refractivity contribution in [2.45, 2.75) is 0 Å². The summed E-state index contributed by atoms with van der Waals surface area (Å²) in [7, 11) is 3.04. The van der Waals surface area contributed by atoms with Gasteiger partial charge in [0.1, 0.15) is 11.6 Å². The van der Waals surface area contributed by atoms with E-state index in [2.05, 4.69) is 15.6 Å². The van der Waals surface area contributed by atoms with Gasteiger partial charge in [0.2, 0.25) is 0 Å². The third-order valence-corrected chi connectivity index (χ3v) is 3.78. The molecular formula is C20H18FN3O3. The van der Waals surface area contributed by atoms with Crippen LogP contribution in [0.5, 0.6) is 11.5 Å². The Morgan fingerprint density at radius 3 is 2.26 bits per heavy atom. The summed E-state index contributed by atoms with van der Waals surface area (Å²) < 4.78 is 23.3. The van der Waals surface area contributed by atoms with Crippen molar-refractivity contribution in [1.29, 1.82) is 0 Å². The first-order valence-electron chi connectivity index (χ1n) is 8.11. The number of halogens is 1. The van der Waals surface area contributed by atoms with Crippen LogP contribution in [0, 0.1) is 5.82 Å². The van der Waals surface area contributed by atoms with Gasteiger partial charge in [0.05, 0.1) is 26.1 Å². The Morgan fingerprint density at radius 2 is 1.63 bits per heavy atom. The minimum absolute atomic E-state index is 0.299. The van der Waals surface area contributed by atoms with Gasteiger partial charge in [0.25, 0.3) is 5.91 Å². The van der Waals surface area contributed by atoms with E-state index in [9.17, 15) is 9.18 Å². The Labute approximate surface area is 156 Å². The monoisotopic (exact) mass is 367 g/mol. The third kappa shape index (κ3) is 4.52. The van der Waals surface area contributed by atoms with Crippen LogP contribution in [0.15, 0.2) is 60.8 Å². The summed E-state index contributed by atoms with van der Waals surface area (Å²) in [6.07, 6.45) is 1.58. The van der Waals surface area contributed by atoms with Gasteiger partial charge in [-0.05, 0) is 54.6 Å². The van der Waals surface area contributed by atoms with Crippen LogP contribution in [0.25, 0.3) is 0 Å². The first kappa shape index (κ1) is 18.2. The van der Waals surface area contributed by atoms with Gasteiger partial charge < -0.3 is 20.1 Å². The number of methoxy groups -OCH3 is 2. The molecule has 0 unspecified atom stereocenters. The number of hydrogen-bond acceptors (Lipinski definition) is 5. The van der Waals surface area contributed by atoms with Crippen LogP contribution in [0.2, 0.25) is 0 Å². The summed E-state index contributed by atoms with van der Waals surface area (Å²) in [5.41, 5.74) is 1.87. The van der Waals surface area contributed by atoms with E-state index in [0.29, 0.717) is 28.6 Å². The van der Waals surface area contributed by atoms with E-state index in [1.807, 2.05) is 0 Å². The van der Waals surface area contributed by atoms with Gasteiger partial charge in [-0.15, -0.1) is 0 Å². The van der Waals surface area contributed by atoms with Gasteiger partial charge in [0, 0.05) is 11.3 Å². The zero-order valence-corrected chi connectivity index (χ0v) is 14.8. The fourth-order valence-electron chi connectivity index (χ4n) is 2.41. The molecule has 3 rings (SSSR count). The summed E-state index contributed by atoms with van der Waals surface area (Å²) in [5.74, 6) is 0.800. The summed E-state index contributed by atoms with van der Waals surface area (Å²) in [6, 6.07) is 14.3. The van der Waals surface area contributed by atoms with Gasteiger partial charge in [0.15, 0.2) is 11.5 Å². The maximum Gasteiger partial charge on any atom is 0.256 e. The van der Waals surface area contributed by atoms with Crippen LogP contribution in [-0.2, 0) is 0 Å². The zero-order chi connectivity index (χ0) is 19.2. The Balaban J connectivity index is 1.67. The Bertz CT molecular complexity index is 928. The average Bonchev–Trinajstić information content (AvgIpc) is 2.70. The zero-order valence-electron chi connectivity index (χ0n) is 14.8. The molecule has 7 heteroatoms. The van der Waals surface area contributed by atoms with Gasteiger partial charge >= 0.3 is 0 Å². The van der Waals surface area contributed by atoms with Crippen molar-refractivity contribution in [3.63, 3.8) is 0 Å². The SMILES string of the molecule is COc1ccc(C(=O)Nc2ccc(Nc3ccc(F)cc3)cn2)cc1OC. The number of nitrogens with one attached hydrogen (secondary N) is 2. The number of carbonyl (C=O) groups excluding carboxylic acids is 1. The number of amides is 1. The maximum atomic E-state index is 12.9. The van der Waals surface area contributed by atoms with Crippen molar-refractivity contribution in [2.24, 2.45) is 0 Å². The quantitative estimate of drug-likeness (QED) is 0.682. The molecule has 1 heterocycles. The summed E-state index contributed by atoms with van der Waals surface area (Å²) >= 11 is 0. The van der Waals surface area contributed by atoms with Crippen LogP contribution in [-0.4, -0.2) is 25.1 Å². The van der Waals surface area contributed by atoms with Crippen molar-refractivity contribution >= 4 is 23.1 Å². The fraction of sp³-hybridized carbons (Fsp3) is 0.100. The molecule has 0 saturated carbocycles. The molecule has 3 aromatic rings. The summed E-state index contributed by atoms with van der Waals surface area (Å²) in [4.78, 5) is 16.6. The molecule has 2 aromatic carbocycles. The van der Waals surface area contributed by atoms with Gasteiger partial charge in [-0.3, -0.25) is 4.79 Å². The minimum atomic E-state index is -0.317. The molecule has 0 spiro atoms. The molecule has 0 atom stereocenters. The Kier molecular flexibility index (Phi) is 5.51. The number of carbonyl (C=O) groups is 1. The Morgan fingerprint density at radius 1 is 0.926 bits per heavy atom. The second-order valence-electron chi connectivity index (χ2n) is 5.59. The lowest BCUT2D eigenvalue weighted by Crippen LogP contribution is -2.13. The molecule has 0 bridgehead atoms. The van der Waals surface area contributed by atoms with Crippen molar-refractivity contribution in [3.05, 3.63) is 72.2 Å². The molecule has 0 aliphatic carbocycles. The second-order valence-corrected chi connectivity index (χ2v) is 5.59. The van der Waals surface area contributed by atoms with Crippen LogP contribution in [0.4, 0.5) is 21.6 Å². The summed E-state index contributed by atoms with van der Waals surface area (Å²) in [5, 5.41) is 5.82.